The number of hydrogen-bond donors (Lipinski definition) is 30. The molecule has 14 amide bonds. The van der Waals surface area contributed by atoms with E-state index >= 15 is 0 Å². The maximum absolute atomic E-state index is 14.6. The first-order valence-corrected chi connectivity index (χ1v) is 53.8. The summed E-state index contributed by atoms with van der Waals surface area (Å²) in [5, 5.41) is 57.2. The van der Waals surface area contributed by atoms with E-state index in [0.717, 1.165) is 36.8 Å². The second kappa shape index (κ2) is 81.3. The summed E-state index contributed by atoms with van der Waals surface area (Å²) in [6.07, 6.45) is 22.3. The van der Waals surface area contributed by atoms with E-state index in [1.807, 2.05) is 24.3 Å². The lowest BCUT2D eigenvalue weighted by atomic mass is 10.0. The minimum Gasteiger partial charge on any atom is -0.355 e. The van der Waals surface area contributed by atoms with Crippen LogP contribution in [0.5, 0.6) is 0 Å². The summed E-state index contributed by atoms with van der Waals surface area (Å²) in [6, 6.07) is -5.79. The first-order chi connectivity index (χ1) is 71.3. The zero-order valence-corrected chi connectivity index (χ0v) is 87.6. The second-order valence-electron chi connectivity index (χ2n) is 38.3. The van der Waals surface area contributed by atoms with E-state index in [0.29, 0.717) is 256 Å². The molecule has 0 saturated carbocycles. The van der Waals surface area contributed by atoms with Crippen LogP contribution in [0.3, 0.4) is 0 Å². The molecular weight excluding hydrogens is 1910 g/mol. The number of hydrogen-bond acceptors (Lipinski definition) is 34. The molecule has 2 heterocycles. The van der Waals surface area contributed by atoms with Gasteiger partial charge in [0.05, 0.1) is 86.9 Å². The quantitative estimate of drug-likeness (QED) is 0.0234. The van der Waals surface area contributed by atoms with Crippen molar-refractivity contribution in [3.63, 3.8) is 0 Å². The number of nitrogens with one attached hydrogen (secondary N) is 14. The number of nitrogens with two attached hydrogens (primary N) is 16. The lowest BCUT2D eigenvalue weighted by Crippen LogP contribution is -2.55. The number of amides is 14. The van der Waals surface area contributed by atoms with Crippen molar-refractivity contribution >= 4 is 82.7 Å². The van der Waals surface area contributed by atoms with Gasteiger partial charge in [0, 0.05) is 39.3 Å². The third-order valence-electron chi connectivity index (χ3n) is 25.3. The van der Waals surface area contributed by atoms with Crippen LogP contribution in [0.2, 0.25) is 0 Å². The predicted octanol–water partition coefficient (Wildman–Crippen LogP) is -5.52. The maximum Gasteiger partial charge on any atom is 0.243 e. The van der Waals surface area contributed by atoms with E-state index in [-0.39, 0.29) is 140 Å². The van der Waals surface area contributed by atoms with Gasteiger partial charge >= 0.3 is 0 Å². The molecule has 842 valence electrons. The molecule has 0 unspecified atom stereocenters. The van der Waals surface area contributed by atoms with E-state index in [1.54, 1.807) is 21.8 Å². The molecular formula is C98H186N36O14. The minimum absolute atomic E-state index is 0.0485. The molecule has 0 fully saturated rings. The monoisotopic (exact) mass is 2090 g/mol. The number of carbonyl (C=O) groups excluding carboxylic acids is 14. The number of rotatable bonds is 90. The van der Waals surface area contributed by atoms with Crippen molar-refractivity contribution < 1.29 is 67.1 Å². The third-order valence-corrected chi connectivity index (χ3v) is 25.3. The van der Waals surface area contributed by atoms with E-state index in [9.17, 15) is 67.1 Å². The van der Waals surface area contributed by atoms with Crippen LogP contribution < -0.4 is 166 Å². The van der Waals surface area contributed by atoms with Gasteiger partial charge in [-0.3, -0.25) is 67.1 Å². The molecule has 50 nitrogen and oxygen atoms in total. The van der Waals surface area contributed by atoms with Crippen LogP contribution in [-0.2, 0) is 93.3 Å². The molecule has 14 atom stereocenters. The smallest absolute Gasteiger partial charge is 0.243 e. The fourth-order valence-corrected chi connectivity index (χ4v) is 16.0. The van der Waals surface area contributed by atoms with Gasteiger partial charge in [0.1, 0.15) is 47.6 Å². The number of unbranched alkanes of at least 4 members (excludes halogenated alkanes) is 14. The molecule has 2 aromatic heterocycles. The maximum atomic E-state index is 14.6. The Morgan fingerprint density at radius 3 is 0.581 bits per heavy atom. The zero-order valence-electron chi connectivity index (χ0n) is 87.6. The summed E-state index contributed by atoms with van der Waals surface area (Å²) in [5.41, 5.74) is 97.3. The van der Waals surface area contributed by atoms with Gasteiger partial charge in [0.25, 0.3) is 0 Å². The van der Waals surface area contributed by atoms with E-state index in [4.69, 9.17) is 91.7 Å². The van der Waals surface area contributed by atoms with E-state index in [1.165, 1.54) is 0 Å². The van der Waals surface area contributed by atoms with Crippen LogP contribution in [0.4, 0.5) is 0 Å². The topological polar surface area (TPSA) is 885 Å². The van der Waals surface area contributed by atoms with Crippen molar-refractivity contribution in [3.8, 4) is 0 Å². The highest BCUT2D eigenvalue weighted by Crippen LogP contribution is 2.17. The van der Waals surface area contributed by atoms with Crippen LogP contribution in [-0.4, -0.2) is 289 Å². The normalized spacial score (nSPS) is 14.2. The lowest BCUT2D eigenvalue weighted by Gasteiger charge is -2.24. The average molecular weight is 2090 g/mol. The molecule has 0 saturated heterocycles. The van der Waals surface area contributed by atoms with Crippen LogP contribution >= 0.6 is 0 Å². The molecule has 1 aromatic carbocycles. The summed E-state index contributed by atoms with van der Waals surface area (Å²) in [4.78, 5) is 191. The van der Waals surface area contributed by atoms with Gasteiger partial charge in [0.15, 0.2) is 0 Å². The predicted molar refractivity (Wildman–Crippen MR) is 568 cm³/mol. The number of aromatic nitrogens is 6. The van der Waals surface area contributed by atoms with Gasteiger partial charge in [-0.1, -0.05) is 86.1 Å². The molecule has 0 aliphatic carbocycles. The van der Waals surface area contributed by atoms with Crippen LogP contribution in [0.25, 0.3) is 0 Å². The van der Waals surface area contributed by atoms with Crippen molar-refractivity contribution in [1.29, 1.82) is 0 Å². The molecule has 0 spiro atoms. The molecule has 50 heteroatoms. The van der Waals surface area contributed by atoms with Crippen LogP contribution in [0.15, 0.2) is 36.7 Å². The summed E-state index contributed by atoms with van der Waals surface area (Å²) in [6.45, 7) is 5.05. The molecule has 46 N–H and O–H groups in total. The number of benzene rings is 1. The molecule has 0 aliphatic rings. The highest BCUT2D eigenvalue weighted by atomic mass is 16.2. The van der Waals surface area contributed by atoms with E-state index in [2.05, 4.69) is 95.1 Å². The van der Waals surface area contributed by atoms with Gasteiger partial charge in [-0.25, -0.2) is 9.36 Å². The van der Waals surface area contributed by atoms with Crippen molar-refractivity contribution in [2.45, 2.75) is 380 Å². The zero-order chi connectivity index (χ0) is 109. The average Bonchev–Trinajstić information content (AvgIpc) is 1.74. The Labute approximate surface area is 873 Å². The van der Waals surface area contributed by atoms with E-state index < -0.39 is 144 Å². The van der Waals surface area contributed by atoms with Crippen LogP contribution in [0, 0.1) is 0 Å². The summed E-state index contributed by atoms with van der Waals surface area (Å²) < 4.78 is 3.16. The van der Waals surface area contributed by atoms with Gasteiger partial charge in [-0.15, -0.1) is 10.2 Å². The summed E-state index contributed by atoms with van der Waals surface area (Å²) in [5.74, 6) is -6.97. The Balaban J connectivity index is 1.90. The van der Waals surface area contributed by atoms with Crippen molar-refractivity contribution in [1.82, 2.24) is 104 Å². The fourth-order valence-electron chi connectivity index (χ4n) is 16.0. The first-order valence-electron chi connectivity index (χ1n) is 53.8. The standard InChI is InChI=1S/C98H186N36O14/c99-47-15-1-29-71(107)85(135)115-55-23-9-37-79(123-89(139)75(111)33-5-19-51-103)93(143)119-59-27-11-39-81(127-97(147)83(125-91(141)77(113)35-7-21-53-105)41-13-25-57-117-87(137)73(109)31-3-17-49-101)95(145)121-61-69-65-133(131-129-69)63-67-43-45-68(46-44-67)64-134-66-70(130-132-134)62-122-96(146)82(128-98(148)84(126-92(142)78(114)36-8-22-54-106)42-14-26-58-118-88(138)74(110)32-4-18-50-102)40-12-28-60-120-94(144)80(124-90(140)76(112)34-6-20-52-104)38-10-24-56-116-86(136)72(108)30-2-16-48-100/h43-46,65-66,71-84H,1-42,47-64,99-114H2,(H,115,135)(H,116,136)(H,117,137)(H,118,138)(H,119,143)(H,120,144)(H,121,145)(H,122,146)(H,123,139)(H,124,140)(H,125,141)(H,126,142)(H,127,147)(H,128,148)/t71-,72-,73-,74-,75-,76-,77-,78-,79-,80-,81-,82-,83-,84-/m0/s1. The molecule has 0 bridgehead atoms. The Morgan fingerprint density at radius 1 is 0.209 bits per heavy atom. The number of carbonyl (C=O) groups is 14. The van der Waals surface area contributed by atoms with Gasteiger partial charge in [-0.2, -0.15) is 0 Å². The Morgan fingerprint density at radius 2 is 0.378 bits per heavy atom. The van der Waals surface area contributed by atoms with Crippen molar-refractivity contribution in [2.75, 3.05) is 91.6 Å². The fraction of sp³-hybridized carbons (Fsp3) is 0.755. The van der Waals surface area contributed by atoms with Gasteiger partial charge < -0.3 is 166 Å². The Hall–Kier alpha value is -10.6. The van der Waals surface area contributed by atoms with Crippen molar-refractivity contribution in [3.05, 3.63) is 59.2 Å². The first kappa shape index (κ1) is 132. The molecule has 0 aliphatic heterocycles. The number of nitrogens with zero attached hydrogens (tertiary/aromatic N) is 6. The second-order valence-corrected chi connectivity index (χ2v) is 38.3. The highest BCUT2D eigenvalue weighted by molar-refractivity contribution is 5.95. The van der Waals surface area contributed by atoms with Gasteiger partial charge in [0.2, 0.25) is 82.7 Å². The summed E-state index contributed by atoms with van der Waals surface area (Å²) in [7, 11) is 0. The van der Waals surface area contributed by atoms with Crippen LogP contribution in [0.1, 0.15) is 292 Å². The molecule has 0 radical (unpaired) electrons. The Bertz CT molecular complexity index is 3970. The minimum atomic E-state index is -1.20. The van der Waals surface area contributed by atoms with Gasteiger partial charge in [-0.05, 0) is 282 Å². The molecule has 148 heavy (non-hydrogen) atoms. The third kappa shape index (κ3) is 59.1. The molecule has 3 aromatic rings. The largest absolute Gasteiger partial charge is 0.355 e. The lowest BCUT2D eigenvalue weighted by molar-refractivity contribution is -0.132. The Kier molecular flexibility index (Phi) is 72.3. The highest BCUT2D eigenvalue weighted by Gasteiger charge is 2.33. The summed E-state index contributed by atoms with van der Waals surface area (Å²) >= 11 is 0. The molecule has 3 rings (SSSR count). The SMILES string of the molecule is NCCCC[C@H](N)C(=O)NCCCC[C@H](NC(=O)[C@@H](N)CCCCN)C(=O)NCCCC[C@H](NC(=O)[C@H](CCCCNC(=O)[C@@H](N)CCCCN)NC(=O)[C@@H](N)CCCCN)C(=O)NCc1cn(Cc2ccc(Cn3cc(CNC(=O)[C@H](CCCCNC(=O)[C@H](CCCCNC(=O)[C@@H](N)CCCCN)NC(=O)[C@@H](N)CCCCN)NC(=O)[C@H](CCCCNC(=O)[C@@H](N)CCCCN)NC(=O)[C@@H](N)CCCCN)nn3)cc2)nn1. The van der Waals surface area contributed by atoms with Crippen molar-refractivity contribution in [2.24, 2.45) is 91.7 Å².